The fourth-order valence-corrected chi connectivity index (χ4v) is 0.788. The highest BCUT2D eigenvalue weighted by molar-refractivity contribution is 7.96. The third-order valence-corrected chi connectivity index (χ3v) is 1.73. The van der Waals surface area contributed by atoms with Gasteiger partial charge < -0.3 is 4.74 Å². The first-order valence-corrected chi connectivity index (χ1v) is 4.01. The summed E-state index contributed by atoms with van der Waals surface area (Å²) in [6.45, 7) is 4.68. The smallest absolute Gasteiger partial charge is 0.364 e. The van der Waals surface area contributed by atoms with Gasteiger partial charge in [0.15, 0.2) is 0 Å². The lowest BCUT2D eigenvalue weighted by Crippen LogP contribution is -2.08. The average molecular weight is 162 g/mol. The summed E-state index contributed by atoms with van der Waals surface area (Å²) < 4.78 is 4.71. The van der Waals surface area contributed by atoms with Crippen molar-refractivity contribution in [2.24, 2.45) is 5.92 Å². The first-order chi connectivity index (χ1) is 4.70. The Labute approximate surface area is 67.4 Å². The Kier molecular flexibility index (Phi) is 5.49. The summed E-state index contributed by atoms with van der Waals surface area (Å²) in [6, 6.07) is 0. The van der Waals surface area contributed by atoms with E-state index in [-0.39, 0.29) is 0 Å². The molecule has 0 aromatic carbocycles. The second kappa shape index (κ2) is 5.59. The Bertz CT molecular complexity index is 99.8. The number of hydrogen-bond donors (Lipinski definition) is 1. The van der Waals surface area contributed by atoms with Gasteiger partial charge in [-0.1, -0.05) is 39.3 Å². The standard InChI is InChI=1S/C7H14O2S/c1-3-6(4-2)5-9-7(8)10/h6H,3-5H2,1-2H3,(H,8,10). The molecule has 60 valence electrons. The van der Waals surface area contributed by atoms with Crippen molar-refractivity contribution in [2.75, 3.05) is 6.61 Å². The number of carbonyl (C=O) groups is 1. The molecule has 0 unspecified atom stereocenters. The molecule has 0 amide bonds. The van der Waals surface area contributed by atoms with E-state index in [1.807, 2.05) is 0 Å². The van der Waals surface area contributed by atoms with Crippen molar-refractivity contribution >= 4 is 17.9 Å². The van der Waals surface area contributed by atoms with Crippen LogP contribution in [-0.2, 0) is 4.74 Å². The third-order valence-electron chi connectivity index (χ3n) is 1.60. The van der Waals surface area contributed by atoms with Gasteiger partial charge in [-0.05, 0) is 5.92 Å². The normalized spacial score (nSPS) is 10.0. The van der Waals surface area contributed by atoms with Crippen LogP contribution in [0.25, 0.3) is 0 Å². The Hall–Kier alpha value is -0.180. The van der Waals surface area contributed by atoms with E-state index in [1.54, 1.807) is 0 Å². The lowest BCUT2D eigenvalue weighted by atomic mass is 10.1. The van der Waals surface area contributed by atoms with Gasteiger partial charge in [-0.3, -0.25) is 0 Å². The molecule has 0 aliphatic heterocycles. The molecule has 0 aromatic heterocycles. The van der Waals surface area contributed by atoms with Crippen LogP contribution in [0, 0.1) is 5.92 Å². The van der Waals surface area contributed by atoms with Gasteiger partial charge in [0, 0.05) is 0 Å². The molecule has 0 aromatic rings. The van der Waals surface area contributed by atoms with Gasteiger partial charge in [-0.25, -0.2) is 4.79 Å². The van der Waals surface area contributed by atoms with Gasteiger partial charge in [-0.2, -0.15) is 0 Å². The molecule has 0 bridgehead atoms. The summed E-state index contributed by atoms with van der Waals surface area (Å²) in [6.07, 6.45) is 2.11. The monoisotopic (exact) mass is 162 g/mol. The van der Waals surface area contributed by atoms with Gasteiger partial charge in [0.05, 0.1) is 6.61 Å². The maximum absolute atomic E-state index is 10.2. The maximum atomic E-state index is 10.2. The maximum Gasteiger partial charge on any atom is 0.364 e. The molecule has 10 heavy (non-hydrogen) atoms. The predicted molar refractivity (Wildman–Crippen MR) is 44.4 cm³/mol. The zero-order valence-corrected chi connectivity index (χ0v) is 7.36. The van der Waals surface area contributed by atoms with Crippen molar-refractivity contribution in [1.82, 2.24) is 0 Å². The molecular formula is C7H14O2S. The fourth-order valence-electron chi connectivity index (χ4n) is 0.714. The van der Waals surface area contributed by atoms with E-state index >= 15 is 0 Å². The molecule has 3 heteroatoms. The highest BCUT2D eigenvalue weighted by Crippen LogP contribution is 2.07. The molecule has 0 rings (SSSR count). The minimum Gasteiger partial charge on any atom is -0.457 e. The Morgan fingerprint density at radius 1 is 1.50 bits per heavy atom. The molecule has 0 atom stereocenters. The Balaban J connectivity index is 3.34. The van der Waals surface area contributed by atoms with Crippen LogP contribution in [0.3, 0.4) is 0 Å². The minimum absolute atomic E-state index is 0.480. The van der Waals surface area contributed by atoms with Gasteiger partial charge in [0.25, 0.3) is 0 Å². The van der Waals surface area contributed by atoms with Crippen LogP contribution in [0.15, 0.2) is 0 Å². The lowest BCUT2D eigenvalue weighted by molar-refractivity contribution is 0.151. The van der Waals surface area contributed by atoms with Crippen molar-refractivity contribution in [1.29, 1.82) is 0 Å². The van der Waals surface area contributed by atoms with E-state index < -0.39 is 5.30 Å². The molecule has 0 fully saturated rings. The average Bonchev–Trinajstić information content (AvgIpc) is 1.90. The number of rotatable bonds is 4. The molecule has 0 radical (unpaired) electrons. The Morgan fingerprint density at radius 3 is 2.30 bits per heavy atom. The van der Waals surface area contributed by atoms with Crippen molar-refractivity contribution in [3.05, 3.63) is 0 Å². The van der Waals surface area contributed by atoms with E-state index in [0.29, 0.717) is 12.5 Å². The summed E-state index contributed by atoms with van der Waals surface area (Å²) in [5.74, 6) is 0.496. The summed E-state index contributed by atoms with van der Waals surface area (Å²) >= 11 is 3.49. The van der Waals surface area contributed by atoms with E-state index in [0.717, 1.165) is 12.8 Å². The first-order valence-electron chi connectivity index (χ1n) is 3.56. The molecule has 0 spiro atoms. The van der Waals surface area contributed by atoms with Crippen LogP contribution in [0.1, 0.15) is 26.7 Å². The van der Waals surface area contributed by atoms with Crippen molar-refractivity contribution in [3.63, 3.8) is 0 Å². The molecule has 0 N–H and O–H groups in total. The summed E-state index contributed by atoms with van der Waals surface area (Å²) in [7, 11) is 0. The molecule has 0 saturated carbocycles. The highest BCUT2D eigenvalue weighted by Gasteiger charge is 2.04. The van der Waals surface area contributed by atoms with Gasteiger partial charge >= 0.3 is 5.30 Å². The molecule has 2 nitrogen and oxygen atoms in total. The van der Waals surface area contributed by atoms with Crippen molar-refractivity contribution in [2.45, 2.75) is 26.7 Å². The first kappa shape index (κ1) is 9.82. The molecule has 0 aliphatic rings. The lowest BCUT2D eigenvalue weighted by Gasteiger charge is -2.10. The topological polar surface area (TPSA) is 26.3 Å². The fraction of sp³-hybridized carbons (Fsp3) is 0.857. The van der Waals surface area contributed by atoms with Crippen LogP contribution < -0.4 is 0 Å². The third kappa shape index (κ3) is 4.68. The van der Waals surface area contributed by atoms with E-state index in [9.17, 15) is 4.79 Å². The number of hydrogen-bond acceptors (Lipinski definition) is 2. The van der Waals surface area contributed by atoms with Crippen molar-refractivity contribution < 1.29 is 9.53 Å². The second-order valence-electron chi connectivity index (χ2n) is 2.26. The van der Waals surface area contributed by atoms with Gasteiger partial charge in [0.2, 0.25) is 0 Å². The molecule has 0 heterocycles. The zero-order chi connectivity index (χ0) is 7.98. The molecule has 0 aliphatic carbocycles. The Morgan fingerprint density at radius 2 is 2.00 bits per heavy atom. The van der Waals surface area contributed by atoms with Crippen molar-refractivity contribution in [3.8, 4) is 0 Å². The number of thiol groups is 1. The molecular weight excluding hydrogens is 148 g/mol. The molecule has 0 saturated heterocycles. The second-order valence-corrected chi connectivity index (χ2v) is 2.62. The van der Waals surface area contributed by atoms with Crippen LogP contribution in [-0.4, -0.2) is 11.9 Å². The van der Waals surface area contributed by atoms with Crippen LogP contribution >= 0.6 is 12.6 Å². The van der Waals surface area contributed by atoms with E-state index in [2.05, 4.69) is 26.5 Å². The zero-order valence-electron chi connectivity index (χ0n) is 6.46. The predicted octanol–water partition coefficient (Wildman–Crippen LogP) is 2.49. The van der Waals surface area contributed by atoms with E-state index in [4.69, 9.17) is 4.74 Å². The number of ether oxygens (including phenoxy) is 1. The van der Waals surface area contributed by atoms with E-state index in [1.165, 1.54) is 0 Å². The van der Waals surface area contributed by atoms with Crippen LogP contribution in [0.2, 0.25) is 0 Å². The highest BCUT2D eigenvalue weighted by atomic mass is 32.1. The van der Waals surface area contributed by atoms with Crippen LogP contribution in [0.5, 0.6) is 0 Å². The minimum atomic E-state index is -0.480. The summed E-state index contributed by atoms with van der Waals surface area (Å²) in [5, 5.41) is -0.480. The summed E-state index contributed by atoms with van der Waals surface area (Å²) in [4.78, 5) is 10.2. The number of carbonyl (C=O) groups excluding carboxylic acids is 1. The summed E-state index contributed by atoms with van der Waals surface area (Å²) in [5.41, 5.74) is 0. The van der Waals surface area contributed by atoms with Gasteiger partial charge in [0.1, 0.15) is 0 Å². The van der Waals surface area contributed by atoms with Gasteiger partial charge in [-0.15, -0.1) is 0 Å². The van der Waals surface area contributed by atoms with Crippen LogP contribution in [0.4, 0.5) is 4.79 Å². The SMILES string of the molecule is CCC(CC)COC(=O)S. The quantitative estimate of drug-likeness (QED) is 0.507. The largest absolute Gasteiger partial charge is 0.457 e.